The van der Waals surface area contributed by atoms with Gasteiger partial charge in [-0.3, -0.25) is 4.79 Å². The Kier molecular flexibility index (Phi) is 3.46. The van der Waals surface area contributed by atoms with Crippen LogP contribution in [0, 0.1) is 0 Å². The normalized spacial score (nSPS) is 10.5. The summed E-state index contributed by atoms with van der Waals surface area (Å²) >= 11 is 5.77. The molecular weight excluding hydrogens is 288 g/mol. The van der Waals surface area contributed by atoms with E-state index in [0.29, 0.717) is 11.2 Å². The fraction of sp³-hybridized carbons (Fsp3) is 0. The molecule has 0 spiro atoms. The van der Waals surface area contributed by atoms with Gasteiger partial charge in [-0.05, 0) is 23.6 Å². The predicted octanol–water partition coefficient (Wildman–Crippen LogP) is 3.85. The van der Waals surface area contributed by atoms with Gasteiger partial charge in [-0.2, -0.15) is 0 Å². The third-order valence-corrected chi connectivity index (χ3v) is 3.31. The quantitative estimate of drug-likeness (QED) is 0.706. The number of nitrogens with zero attached hydrogens (tertiary/aromatic N) is 1. The number of amides is 1. The molecule has 0 unspecified atom stereocenters. The van der Waals surface area contributed by atoms with Gasteiger partial charge in [0, 0.05) is 5.39 Å². The van der Waals surface area contributed by atoms with E-state index in [4.69, 9.17) is 11.6 Å². The first-order valence-electron chi connectivity index (χ1n) is 6.30. The van der Waals surface area contributed by atoms with Crippen molar-refractivity contribution in [1.82, 2.24) is 4.98 Å². The number of carbonyl (C=O) groups excluding carboxylic acids is 1. The molecule has 104 valence electrons. The van der Waals surface area contributed by atoms with Crippen LogP contribution in [0.2, 0.25) is 5.15 Å². The van der Waals surface area contributed by atoms with Gasteiger partial charge in [0.2, 0.25) is 0 Å². The highest BCUT2D eigenvalue weighted by atomic mass is 35.5. The van der Waals surface area contributed by atoms with Crippen LogP contribution in [0.5, 0.6) is 5.75 Å². The number of aromatic hydroxyl groups is 1. The summed E-state index contributed by atoms with van der Waals surface area (Å²) in [7, 11) is 0. The monoisotopic (exact) mass is 298 g/mol. The Bertz CT molecular complexity index is 833. The number of rotatable bonds is 2. The summed E-state index contributed by atoms with van der Waals surface area (Å²) in [5.41, 5.74) is 0.190. The largest absolute Gasteiger partial charge is 0.506 e. The molecule has 3 rings (SSSR count). The molecule has 0 radical (unpaired) electrons. The summed E-state index contributed by atoms with van der Waals surface area (Å²) in [6.45, 7) is 0. The number of phenolic OH excluding ortho intramolecular Hbond substituents is 1. The lowest BCUT2D eigenvalue weighted by molar-refractivity contribution is 0.102. The van der Waals surface area contributed by atoms with Crippen molar-refractivity contribution in [2.75, 3.05) is 5.32 Å². The number of pyridine rings is 1. The van der Waals surface area contributed by atoms with Gasteiger partial charge in [0.05, 0.1) is 5.56 Å². The van der Waals surface area contributed by atoms with Crippen molar-refractivity contribution >= 4 is 34.1 Å². The maximum atomic E-state index is 12.2. The van der Waals surface area contributed by atoms with E-state index in [9.17, 15) is 9.90 Å². The first-order valence-corrected chi connectivity index (χ1v) is 6.67. The smallest absolute Gasteiger partial charge is 0.260 e. The average Bonchev–Trinajstić information content (AvgIpc) is 2.48. The highest BCUT2D eigenvalue weighted by Crippen LogP contribution is 2.29. The Morgan fingerprint density at radius 1 is 1.05 bits per heavy atom. The van der Waals surface area contributed by atoms with E-state index in [-0.39, 0.29) is 16.5 Å². The topological polar surface area (TPSA) is 62.2 Å². The van der Waals surface area contributed by atoms with Crippen molar-refractivity contribution < 1.29 is 9.90 Å². The lowest BCUT2D eigenvalue weighted by atomic mass is 10.0. The van der Waals surface area contributed by atoms with E-state index in [0.717, 1.165) is 5.39 Å². The zero-order chi connectivity index (χ0) is 14.8. The number of carbonyl (C=O) groups is 1. The maximum Gasteiger partial charge on any atom is 0.260 e. The molecule has 0 saturated heterocycles. The maximum absolute atomic E-state index is 12.2. The molecule has 0 atom stereocenters. The third kappa shape index (κ3) is 2.66. The van der Waals surface area contributed by atoms with Gasteiger partial charge in [-0.15, -0.1) is 0 Å². The molecular formula is C16H11ClN2O2. The molecule has 5 heteroatoms. The van der Waals surface area contributed by atoms with Crippen LogP contribution in [-0.2, 0) is 0 Å². The molecule has 0 bridgehead atoms. The number of hydrogen-bond donors (Lipinski definition) is 2. The number of nitrogens with one attached hydrogen (secondary N) is 1. The number of fused-ring (bicyclic) bond motifs is 1. The summed E-state index contributed by atoms with van der Waals surface area (Å²) < 4.78 is 0. The molecule has 0 aliphatic carbocycles. The Morgan fingerprint density at radius 3 is 2.67 bits per heavy atom. The van der Waals surface area contributed by atoms with Crippen molar-refractivity contribution in [2.24, 2.45) is 0 Å². The minimum absolute atomic E-state index is 0.0485. The van der Waals surface area contributed by atoms with Gasteiger partial charge in [0.15, 0.2) is 0 Å². The highest BCUT2D eigenvalue weighted by molar-refractivity contribution is 6.29. The zero-order valence-electron chi connectivity index (χ0n) is 10.9. The van der Waals surface area contributed by atoms with Crippen LogP contribution in [0.15, 0.2) is 54.6 Å². The molecule has 4 nitrogen and oxygen atoms in total. The van der Waals surface area contributed by atoms with Gasteiger partial charge < -0.3 is 10.4 Å². The van der Waals surface area contributed by atoms with Gasteiger partial charge >= 0.3 is 0 Å². The van der Waals surface area contributed by atoms with E-state index >= 15 is 0 Å². The molecule has 2 aromatic carbocycles. The van der Waals surface area contributed by atoms with Crippen molar-refractivity contribution in [3.05, 3.63) is 65.3 Å². The molecule has 21 heavy (non-hydrogen) atoms. The van der Waals surface area contributed by atoms with Crippen molar-refractivity contribution in [3.63, 3.8) is 0 Å². The summed E-state index contributed by atoms with van der Waals surface area (Å²) in [6, 6.07) is 15.6. The van der Waals surface area contributed by atoms with E-state index < -0.39 is 5.91 Å². The molecule has 0 aliphatic heterocycles. The second kappa shape index (κ2) is 5.42. The summed E-state index contributed by atoms with van der Waals surface area (Å²) in [4.78, 5) is 16.2. The average molecular weight is 299 g/mol. The lowest BCUT2D eigenvalue weighted by Crippen LogP contribution is -2.13. The Balaban J connectivity index is 1.96. The van der Waals surface area contributed by atoms with E-state index in [1.807, 2.05) is 18.2 Å². The Morgan fingerprint density at radius 2 is 1.86 bits per heavy atom. The SMILES string of the molecule is O=C(Nc1cccc(Cl)n1)c1ccc2ccccc2c1O. The standard InChI is InChI=1S/C16H11ClN2O2/c17-13-6-3-7-14(18-13)19-16(21)12-9-8-10-4-1-2-5-11(10)15(12)20/h1-9,20H,(H,18,19,21). The molecule has 0 aliphatic rings. The number of halogens is 1. The number of aromatic nitrogens is 1. The van der Waals surface area contributed by atoms with E-state index in [1.54, 1.807) is 36.4 Å². The van der Waals surface area contributed by atoms with Crippen LogP contribution in [0.3, 0.4) is 0 Å². The summed E-state index contributed by atoms with van der Waals surface area (Å²) in [5, 5.41) is 14.6. The van der Waals surface area contributed by atoms with Crippen LogP contribution in [0.4, 0.5) is 5.82 Å². The van der Waals surface area contributed by atoms with Crippen molar-refractivity contribution in [3.8, 4) is 5.75 Å². The van der Waals surface area contributed by atoms with Crippen LogP contribution in [0.1, 0.15) is 10.4 Å². The minimum atomic E-state index is -0.437. The Hall–Kier alpha value is -2.59. The number of hydrogen-bond acceptors (Lipinski definition) is 3. The van der Waals surface area contributed by atoms with Gasteiger partial charge in [0.25, 0.3) is 5.91 Å². The molecule has 0 saturated carbocycles. The van der Waals surface area contributed by atoms with Gasteiger partial charge in [-0.1, -0.05) is 48.0 Å². The molecule has 1 amide bonds. The van der Waals surface area contributed by atoms with Crippen LogP contribution >= 0.6 is 11.6 Å². The summed E-state index contributed by atoms with van der Waals surface area (Å²) in [6.07, 6.45) is 0. The second-order valence-corrected chi connectivity index (χ2v) is 4.87. The first kappa shape index (κ1) is 13.4. The lowest BCUT2D eigenvalue weighted by Gasteiger charge is -2.08. The van der Waals surface area contributed by atoms with Crippen LogP contribution < -0.4 is 5.32 Å². The van der Waals surface area contributed by atoms with E-state index in [2.05, 4.69) is 10.3 Å². The highest BCUT2D eigenvalue weighted by Gasteiger charge is 2.14. The predicted molar refractivity (Wildman–Crippen MR) is 82.8 cm³/mol. The molecule has 1 heterocycles. The molecule has 0 fully saturated rings. The number of anilines is 1. The van der Waals surface area contributed by atoms with Crippen LogP contribution in [-0.4, -0.2) is 16.0 Å². The fourth-order valence-corrected chi connectivity index (χ4v) is 2.26. The summed E-state index contributed by atoms with van der Waals surface area (Å²) in [5.74, 6) is -0.152. The van der Waals surface area contributed by atoms with Crippen LogP contribution in [0.25, 0.3) is 10.8 Å². The van der Waals surface area contributed by atoms with Gasteiger partial charge in [0.1, 0.15) is 16.7 Å². The number of benzene rings is 2. The van der Waals surface area contributed by atoms with Crippen molar-refractivity contribution in [2.45, 2.75) is 0 Å². The number of phenols is 1. The van der Waals surface area contributed by atoms with E-state index in [1.165, 1.54) is 0 Å². The third-order valence-electron chi connectivity index (χ3n) is 3.10. The first-order chi connectivity index (χ1) is 10.1. The molecule has 1 aromatic heterocycles. The molecule has 3 aromatic rings. The van der Waals surface area contributed by atoms with Crippen molar-refractivity contribution in [1.29, 1.82) is 0 Å². The Labute approximate surface area is 126 Å². The minimum Gasteiger partial charge on any atom is -0.506 e. The molecule has 2 N–H and O–H groups in total. The zero-order valence-corrected chi connectivity index (χ0v) is 11.6. The second-order valence-electron chi connectivity index (χ2n) is 4.48. The fourth-order valence-electron chi connectivity index (χ4n) is 2.10. The van der Waals surface area contributed by atoms with Gasteiger partial charge in [-0.25, -0.2) is 4.98 Å².